The molecule has 19 heavy (non-hydrogen) atoms. The fourth-order valence-electron chi connectivity index (χ4n) is 2.80. The van der Waals surface area contributed by atoms with E-state index in [9.17, 15) is 0 Å². The summed E-state index contributed by atoms with van der Waals surface area (Å²) in [6.07, 6.45) is 6.67. The van der Waals surface area contributed by atoms with Gasteiger partial charge in [-0.1, -0.05) is 61.2 Å². The second-order valence-electron chi connectivity index (χ2n) is 6.21. The van der Waals surface area contributed by atoms with Crippen molar-refractivity contribution in [3.8, 4) is 5.75 Å². The van der Waals surface area contributed by atoms with Crippen molar-refractivity contribution in [3.63, 3.8) is 0 Å². The molecule has 1 fully saturated rings. The van der Waals surface area contributed by atoms with Crippen LogP contribution < -0.4 is 4.74 Å². The van der Waals surface area contributed by atoms with Gasteiger partial charge in [-0.2, -0.15) is 0 Å². The largest absolute Gasteiger partial charge is 0.493 e. The molecule has 1 saturated carbocycles. The molecule has 0 bridgehead atoms. The van der Waals surface area contributed by atoms with E-state index in [2.05, 4.69) is 54.0 Å². The van der Waals surface area contributed by atoms with Gasteiger partial charge in [-0.15, -0.1) is 0 Å². The Balaban J connectivity index is 1.93. The first-order valence-corrected chi connectivity index (χ1v) is 8.56. The average Bonchev–Trinajstić information content (AvgIpc) is 2.46. The Morgan fingerprint density at radius 2 is 1.74 bits per heavy atom. The van der Waals surface area contributed by atoms with Crippen molar-refractivity contribution in [2.24, 2.45) is 5.41 Å². The summed E-state index contributed by atoms with van der Waals surface area (Å²) >= 11 is 3.69. The maximum atomic E-state index is 6.04. The first-order valence-electron chi connectivity index (χ1n) is 7.44. The van der Waals surface area contributed by atoms with Crippen molar-refractivity contribution < 1.29 is 4.74 Å². The van der Waals surface area contributed by atoms with Crippen molar-refractivity contribution in [1.82, 2.24) is 0 Å². The monoisotopic (exact) mass is 324 g/mol. The van der Waals surface area contributed by atoms with Crippen LogP contribution in [0, 0.1) is 5.41 Å². The van der Waals surface area contributed by atoms with Gasteiger partial charge in [0.05, 0.1) is 6.61 Å². The van der Waals surface area contributed by atoms with Gasteiger partial charge in [0.15, 0.2) is 0 Å². The minimum Gasteiger partial charge on any atom is -0.493 e. The Hall–Kier alpha value is -0.500. The molecular formula is C17H25BrO. The van der Waals surface area contributed by atoms with Crippen LogP contribution in [0.2, 0.25) is 0 Å². The van der Waals surface area contributed by atoms with Gasteiger partial charge in [0.2, 0.25) is 0 Å². The van der Waals surface area contributed by atoms with Gasteiger partial charge in [0.25, 0.3) is 0 Å². The molecule has 0 N–H and O–H groups in total. The summed E-state index contributed by atoms with van der Waals surface area (Å²) in [5, 5.41) is 1.06. The smallest absolute Gasteiger partial charge is 0.119 e. The van der Waals surface area contributed by atoms with E-state index in [1.807, 2.05) is 0 Å². The van der Waals surface area contributed by atoms with Crippen LogP contribution in [0.4, 0.5) is 0 Å². The third kappa shape index (κ3) is 3.98. The Morgan fingerprint density at radius 1 is 1.11 bits per heavy atom. The molecule has 0 amide bonds. The summed E-state index contributed by atoms with van der Waals surface area (Å²) in [6, 6.07) is 8.59. The molecular weight excluding hydrogens is 300 g/mol. The van der Waals surface area contributed by atoms with E-state index in [4.69, 9.17) is 4.74 Å². The third-order valence-electron chi connectivity index (χ3n) is 4.29. The molecule has 1 aromatic carbocycles. The fraction of sp³-hybridized carbons (Fsp3) is 0.647. The van der Waals surface area contributed by atoms with Crippen LogP contribution in [0.15, 0.2) is 24.3 Å². The van der Waals surface area contributed by atoms with E-state index in [-0.39, 0.29) is 0 Å². The van der Waals surface area contributed by atoms with Gasteiger partial charge in [0.1, 0.15) is 5.75 Å². The van der Waals surface area contributed by atoms with Crippen molar-refractivity contribution in [3.05, 3.63) is 29.8 Å². The highest BCUT2D eigenvalue weighted by molar-refractivity contribution is 9.09. The van der Waals surface area contributed by atoms with E-state index in [1.54, 1.807) is 0 Å². The Labute approximate surface area is 125 Å². The van der Waals surface area contributed by atoms with Crippen molar-refractivity contribution in [2.45, 2.75) is 51.9 Å². The van der Waals surface area contributed by atoms with Gasteiger partial charge in [0, 0.05) is 10.7 Å². The van der Waals surface area contributed by atoms with Crippen molar-refractivity contribution >= 4 is 15.9 Å². The van der Waals surface area contributed by atoms with Crippen molar-refractivity contribution in [2.75, 3.05) is 11.9 Å². The SMILES string of the molecule is CC(C)c1ccc(OCC2(CBr)CCCCC2)cc1. The van der Waals surface area contributed by atoms with E-state index >= 15 is 0 Å². The number of benzene rings is 1. The Kier molecular flexibility index (Phi) is 5.32. The number of ether oxygens (including phenoxy) is 1. The molecule has 1 aliphatic carbocycles. The quantitative estimate of drug-likeness (QED) is 0.646. The molecule has 1 aromatic rings. The molecule has 2 heteroatoms. The standard InChI is InChI=1S/C17H25BrO/c1-14(2)15-6-8-16(9-7-15)19-13-17(12-18)10-4-3-5-11-17/h6-9,14H,3-5,10-13H2,1-2H3. The molecule has 0 aromatic heterocycles. The highest BCUT2D eigenvalue weighted by Crippen LogP contribution is 2.38. The van der Waals surface area contributed by atoms with Gasteiger partial charge in [-0.25, -0.2) is 0 Å². The molecule has 0 unspecified atom stereocenters. The second-order valence-corrected chi connectivity index (χ2v) is 6.77. The maximum Gasteiger partial charge on any atom is 0.119 e. The average molecular weight is 325 g/mol. The van der Waals surface area contributed by atoms with Crippen molar-refractivity contribution in [1.29, 1.82) is 0 Å². The van der Waals surface area contributed by atoms with Gasteiger partial charge in [-0.3, -0.25) is 0 Å². The van der Waals surface area contributed by atoms with Crippen LogP contribution in [0.3, 0.4) is 0 Å². The summed E-state index contributed by atoms with van der Waals surface area (Å²) in [7, 11) is 0. The molecule has 0 saturated heterocycles. The lowest BCUT2D eigenvalue weighted by Crippen LogP contribution is -2.32. The van der Waals surface area contributed by atoms with E-state index in [0.717, 1.165) is 17.7 Å². The highest BCUT2D eigenvalue weighted by Gasteiger charge is 2.31. The molecule has 2 rings (SSSR count). The summed E-state index contributed by atoms with van der Waals surface area (Å²) in [5.41, 5.74) is 1.73. The number of hydrogen-bond acceptors (Lipinski definition) is 1. The van der Waals surface area contributed by atoms with Crippen LogP contribution in [-0.2, 0) is 0 Å². The zero-order valence-electron chi connectivity index (χ0n) is 12.1. The molecule has 0 spiro atoms. The Bertz CT molecular complexity index is 377. The minimum atomic E-state index is 0.356. The molecule has 0 aliphatic heterocycles. The predicted molar refractivity (Wildman–Crippen MR) is 85.3 cm³/mol. The maximum absolute atomic E-state index is 6.04. The molecule has 0 radical (unpaired) electrons. The van der Waals surface area contributed by atoms with Crippen LogP contribution in [0.25, 0.3) is 0 Å². The topological polar surface area (TPSA) is 9.23 Å². The van der Waals surface area contributed by atoms with Crippen LogP contribution in [0.1, 0.15) is 57.4 Å². The fourth-order valence-corrected chi connectivity index (χ4v) is 3.53. The van der Waals surface area contributed by atoms with Crippen LogP contribution in [0.5, 0.6) is 5.75 Å². The molecule has 0 atom stereocenters. The summed E-state index contributed by atoms with van der Waals surface area (Å²) in [5.74, 6) is 1.59. The molecule has 106 valence electrons. The number of rotatable bonds is 5. The zero-order valence-corrected chi connectivity index (χ0v) is 13.7. The highest BCUT2D eigenvalue weighted by atomic mass is 79.9. The number of halogens is 1. The van der Waals surface area contributed by atoms with Gasteiger partial charge >= 0.3 is 0 Å². The van der Waals surface area contributed by atoms with Crippen LogP contribution >= 0.6 is 15.9 Å². The molecule has 0 heterocycles. The number of hydrogen-bond donors (Lipinski definition) is 0. The minimum absolute atomic E-state index is 0.356. The molecule has 1 nitrogen and oxygen atoms in total. The predicted octanol–water partition coefficient (Wildman–Crippen LogP) is 5.53. The lowest BCUT2D eigenvalue weighted by molar-refractivity contribution is 0.122. The van der Waals surface area contributed by atoms with Gasteiger partial charge < -0.3 is 4.74 Å². The second kappa shape index (κ2) is 6.78. The lowest BCUT2D eigenvalue weighted by Gasteiger charge is -2.35. The summed E-state index contributed by atoms with van der Waals surface area (Å²) in [4.78, 5) is 0. The lowest BCUT2D eigenvalue weighted by atomic mass is 9.76. The van der Waals surface area contributed by atoms with E-state index < -0.39 is 0 Å². The van der Waals surface area contributed by atoms with Gasteiger partial charge in [-0.05, 0) is 36.5 Å². The molecule has 1 aliphatic rings. The summed E-state index contributed by atoms with van der Waals surface area (Å²) < 4.78 is 6.04. The van der Waals surface area contributed by atoms with E-state index in [0.29, 0.717) is 11.3 Å². The number of alkyl halides is 1. The first kappa shape index (κ1) is 14.9. The van der Waals surface area contributed by atoms with Crippen LogP contribution in [-0.4, -0.2) is 11.9 Å². The normalized spacial score (nSPS) is 18.5. The first-order chi connectivity index (χ1) is 9.15. The zero-order chi connectivity index (χ0) is 13.7. The third-order valence-corrected chi connectivity index (χ3v) is 5.48. The van der Waals surface area contributed by atoms with E-state index in [1.165, 1.54) is 37.7 Å². The summed E-state index contributed by atoms with van der Waals surface area (Å²) in [6.45, 7) is 5.29. The Morgan fingerprint density at radius 3 is 2.26 bits per heavy atom.